The van der Waals surface area contributed by atoms with Gasteiger partial charge in [0.2, 0.25) is 0 Å². The largest absolute Gasteiger partial charge is 0.366 e. The van der Waals surface area contributed by atoms with E-state index in [0.717, 1.165) is 6.42 Å². The van der Waals surface area contributed by atoms with Gasteiger partial charge in [0.1, 0.15) is 6.23 Å². The summed E-state index contributed by atoms with van der Waals surface area (Å²) >= 11 is 0. The zero-order valence-corrected chi connectivity index (χ0v) is 5.48. The van der Waals surface area contributed by atoms with Crippen LogP contribution in [0.2, 0.25) is 0 Å². The van der Waals surface area contributed by atoms with E-state index >= 15 is 0 Å². The molecule has 0 rings (SSSR count). The molecule has 8 heavy (non-hydrogen) atoms. The van der Waals surface area contributed by atoms with Crippen molar-refractivity contribution in [3.8, 4) is 0 Å². The summed E-state index contributed by atoms with van der Waals surface area (Å²) in [4.78, 5) is 0. The fourth-order valence-electron chi connectivity index (χ4n) is 0.483. The molecule has 0 heterocycles. The van der Waals surface area contributed by atoms with Gasteiger partial charge in [0, 0.05) is 13.5 Å². The Morgan fingerprint density at radius 1 is 1.88 bits per heavy atom. The highest BCUT2D eigenvalue weighted by atomic mass is 16.5. The third kappa shape index (κ3) is 2.77. The first-order valence-corrected chi connectivity index (χ1v) is 2.66. The number of hydrogen-bond acceptors (Lipinski definition) is 2. The second-order valence-electron chi connectivity index (χ2n) is 1.54. The lowest BCUT2D eigenvalue weighted by Gasteiger charge is -2.09. The number of methoxy groups -OCH3 is 1. The Hall–Kier alpha value is -0.340. The van der Waals surface area contributed by atoms with E-state index in [1.807, 2.05) is 13.1 Å². The molecule has 48 valence electrons. The predicted octanol–water partition coefficient (Wildman–Crippen LogP) is 0.754. The van der Waals surface area contributed by atoms with Crippen molar-refractivity contribution in [1.82, 2.24) is 5.32 Å². The average Bonchev–Trinajstić information content (AvgIpc) is 1.83. The van der Waals surface area contributed by atoms with Crippen molar-refractivity contribution < 1.29 is 4.74 Å². The number of nitrogens with one attached hydrogen (secondary N) is 1. The third-order valence-electron chi connectivity index (χ3n) is 0.987. The van der Waals surface area contributed by atoms with Gasteiger partial charge in [0.05, 0.1) is 0 Å². The summed E-state index contributed by atoms with van der Waals surface area (Å²) in [6.07, 6.45) is 2.81. The minimum atomic E-state index is 0.132. The zero-order chi connectivity index (χ0) is 6.41. The SMILES string of the molecule is C=CCC(NC)OC. The molecule has 0 aromatic carbocycles. The molecule has 0 spiro atoms. The van der Waals surface area contributed by atoms with Crippen LogP contribution in [0.15, 0.2) is 12.7 Å². The first-order valence-electron chi connectivity index (χ1n) is 2.66. The Morgan fingerprint density at radius 2 is 2.50 bits per heavy atom. The van der Waals surface area contributed by atoms with E-state index in [0.29, 0.717) is 0 Å². The van der Waals surface area contributed by atoms with Crippen LogP contribution in [0.5, 0.6) is 0 Å². The lowest BCUT2D eigenvalue weighted by molar-refractivity contribution is 0.0835. The Morgan fingerprint density at radius 3 is 2.62 bits per heavy atom. The fourth-order valence-corrected chi connectivity index (χ4v) is 0.483. The Bertz CT molecular complexity index is 59.5. The van der Waals surface area contributed by atoms with Crippen LogP contribution in [0.1, 0.15) is 6.42 Å². The smallest absolute Gasteiger partial charge is 0.110 e. The van der Waals surface area contributed by atoms with Gasteiger partial charge in [-0.25, -0.2) is 0 Å². The molecule has 0 saturated carbocycles. The summed E-state index contributed by atoms with van der Waals surface area (Å²) in [7, 11) is 3.53. The van der Waals surface area contributed by atoms with Crippen LogP contribution in [-0.4, -0.2) is 20.4 Å². The van der Waals surface area contributed by atoms with Gasteiger partial charge in [-0.3, -0.25) is 5.32 Å². The van der Waals surface area contributed by atoms with Crippen LogP contribution in [0, 0.1) is 0 Å². The van der Waals surface area contributed by atoms with E-state index in [4.69, 9.17) is 4.74 Å². The lowest BCUT2D eigenvalue weighted by Crippen LogP contribution is -2.25. The van der Waals surface area contributed by atoms with Crippen LogP contribution in [-0.2, 0) is 4.74 Å². The van der Waals surface area contributed by atoms with E-state index in [-0.39, 0.29) is 6.23 Å². The maximum Gasteiger partial charge on any atom is 0.110 e. The standard InChI is InChI=1S/C6H13NO/c1-4-5-6(7-2)8-3/h4,6-7H,1,5H2,2-3H3. The molecule has 0 aromatic heterocycles. The number of hydrogen-bond donors (Lipinski definition) is 1. The topological polar surface area (TPSA) is 21.3 Å². The van der Waals surface area contributed by atoms with Gasteiger partial charge in [-0.05, 0) is 7.05 Å². The Balaban J connectivity index is 3.20. The Labute approximate surface area is 50.5 Å². The first-order chi connectivity index (χ1) is 3.85. The maximum atomic E-state index is 4.96. The molecule has 0 aliphatic rings. The van der Waals surface area contributed by atoms with E-state index in [9.17, 15) is 0 Å². The minimum absolute atomic E-state index is 0.132. The molecule has 0 amide bonds. The van der Waals surface area contributed by atoms with Crippen LogP contribution >= 0.6 is 0 Å². The van der Waals surface area contributed by atoms with Crippen LogP contribution in [0.4, 0.5) is 0 Å². The van der Waals surface area contributed by atoms with Crippen molar-refractivity contribution in [2.24, 2.45) is 0 Å². The number of rotatable bonds is 4. The molecule has 2 nitrogen and oxygen atoms in total. The minimum Gasteiger partial charge on any atom is -0.366 e. The third-order valence-corrected chi connectivity index (χ3v) is 0.987. The summed E-state index contributed by atoms with van der Waals surface area (Å²) in [5.41, 5.74) is 0. The van der Waals surface area contributed by atoms with Crippen molar-refractivity contribution in [2.75, 3.05) is 14.2 Å². The van der Waals surface area contributed by atoms with Gasteiger partial charge in [0.15, 0.2) is 0 Å². The highest BCUT2D eigenvalue weighted by Crippen LogP contribution is 1.89. The van der Waals surface area contributed by atoms with E-state index in [2.05, 4.69) is 11.9 Å². The fraction of sp³-hybridized carbons (Fsp3) is 0.667. The van der Waals surface area contributed by atoms with Gasteiger partial charge in [-0.2, -0.15) is 0 Å². The normalized spacial score (nSPS) is 13.2. The molecular weight excluding hydrogens is 102 g/mol. The predicted molar refractivity (Wildman–Crippen MR) is 34.7 cm³/mol. The van der Waals surface area contributed by atoms with Gasteiger partial charge in [0.25, 0.3) is 0 Å². The van der Waals surface area contributed by atoms with Gasteiger partial charge in [-0.1, -0.05) is 6.08 Å². The second-order valence-corrected chi connectivity index (χ2v) is 1.54. The quantitative estimate of drug-likeness (QED) is 0.431. The molecule has 0 aliphatic heterocycles. The van der Waals surface area contributed by atoms with Crippen molar-refractivity contribution in [2.45, 2.75) is 12.6 Å². The van der Waals surface area contributed by atoms with E-state index in [1.165, 1.54) is 0 Å². The molecule has 2 heteroatoms. The highest BCUT2D eigenvalue weighted by Gasteiger charge is 1.96. The molecule has 0 aromatic rings. The molecule has 0 aliphatic carbocycles. The lowest BCUT2D eigenvalue weighted by atomic mass is 10.4. The summed E-state index contributed by atoms with van der Waals surface area (Å²) in [5.74, 6) is 0. The van der Waals surface area contributed by atoms with Crippen LogP contribution in [0.3, 0.4) is 0 Å². The van der Waals surface area contributed by atoms with Gasteiger partial charge < -0.3 is 4.74 Å². The van der Waals surface area contributed by atoms with Crippen molar-refractivity contribution in [3.05, 3.63) is 12.7 Å². The van der Waals surface area contributed by atoms with E-state index < -0.39 is 0 Å². The summed E-state index contributed by atoms with van der Waals surface area (Å²) < 4.78 is 4.96. The molecule has 1 unspecified atom stereocenters. The maximum absolute atomic E-state index is 4.96. The summed E-state index contributed by atoms with van der Waals surface area (Å²) in [6, 6.07) is 0. The molecular formula is C6H13NO. The Kier molecular flexibility index (Phi) is 4.61. The van der Waals surface area contributed by atoms with Crippen LogP contribution in [0.25, 0.3) is 0 Å². The highest BCUT2D eigenvalue weighted by molar-refractivity contribution is 4.70. The molecule has 0 saturated heterocycles. The average molecular weight is 115 g/mol. The van der Waals surface area contributed by atoms with Gasteiger partial charge in [-0.15, -0.1) is 6.58 Å². The van der Waals surface area contributed by atoms with Crippen molar-refractivity contribution in [1.29, 1.82) is 0 Å². The molecule has 1 atom stereocenters. The molecule has 0 radical (unpaired) electrons. The number of ether oxygens (including phenoxy) is 1. The van der Waals surface area contributed by atoms with Gasteiger partial charge >= 0.3 is 0 Å². The summed E-state index contributed by atoms with van der Waals surface area (Å²) in [6.45, 7) is 3.58. The second kappa shape index (κ2) is 4.81. The van der Waals surface area contributed by atoms with E-state index in [1.54, 1.807) is 7.11 Å². The molecule has 1 N–H and O–H groups in total. The molecule has 0 bridgehead atoms. The molecule has 0 fully saturated rings. The van der Waals surface area contributed by atoms with Crippen LogP contribution < -0.4 is 5.32 Å². The monoisotopic (exact) mass is 115 g/mol. The summed E-state index contributed by atoms with van der Waals surface area (Å²) in [5, 5.41) is 2.96. The zero-order valence-electron chi connectivity index (χ0n) is 5.48. The van der Waals surface area contributed by atoms with Crippen molar-refractivity contribution in [3.63, 3.8) is 0 Å². The first kappa shape index (κ1) is 7.66. The van der Waals surface area contributed by atoms with Crippen molar-refractivity contribution >= 4 is 0 Å².